The second-order valence-electron chi connectivity index (χ2n) is 4.16. The van der Waals surface area contributed by atoms with Crippen LogP contribution in [-0.2, 0) is 9.53 Å². The molecule has 5 heteroatoms. The third kappa shape index (κ3) is 2.53. The smallest absolute Gasteiger partial charge is 0.310 e. The topological polar surface area (TPSA) is 49.8 Å². The summed E-state index contributed by atoms with van der Waals surface area (Å²) < 4.78 is 6.36. The lowest BCUT2D eigenvalue weighted by atomic mass is 9.89. The Labute approximate surface area is 105 Å². The summed E-state index contributed by atoms with van der Waals surface area (Å²) in [7, 11) is 1.37. The average Bonchev–Trinajstić information content (AvgIpc) is 2.70. The number of nitrogens with zero attached hydrogens (tertiary/aromatic N) is 1. The van der Waals surface area contributed by atoms with Crippen LogP contribution in [0.15, 0.2) is 24.3 Å². The van der Waals surface area contributed by atoms with Gasteiger partial charge in [0.25, 0.3) is 0 Å². The van der Waals surface area contributed by atoms with E-state index in [4.69, 9.17) is 16.5 Å². The lowest BCUT2D eigenvalue weighted by Crippen LogP contribution is -2.22. The molecule has 1 fully saturated rings. The maximum atomic E-state index is 11.7. The highest BCUT2D eigenvalue weighted by Gasteiger charge is 2.38. The molecule has 1 saturated heterocycles. The summed E-state index contributed by atoms with van der Waals surface area (Å²) in [5, 5.41) is 9.46. The number of esters is 1. The van der Waals surface area contributed by atoms with Crippen LogP contribution in [0.5, 0.6) is 5.75 Å². The van der Waals surface area contributed by atoms with E-state index < -0.39 is 0 Å². The van der Waals surface area contributed by atoms with Crippen molar-refractivity contribution in [3.8, 4) is 5.75 Å². The molecule has 1 aromatic rings. The Bertz CT molecular complexity index is 424. The van der Waals surface area contributed by atoms with Gasteiger partial charge in [0.1, 0.15) is 5.75 Å². The van der Waals surface area contributed by atoms with Crippen molar-refractivity contribution in [2.45, 2.75) is 5.92 Å². The van der Waals surface area contributed by atoms with E-state index in [-0.39, 0.29) is 23.6 Å². The Morgan fingerprint density at radius 3 is 2.94 bits per heavy atom. The van der Waals surface area contributed by atoms with Gasteiger partial charge in [-0.15, -0.1) is 0 Å². The average molecular weight is 256 g/mol. The van der Waals surface area contributed by atoms with E-state index in [0.29, 0.717) is 13.1 Å². The van der Waals surface area contributed by atoms with E-state index >= 15 is 0 Å². The molecule has 92 valence electrons. The van der Waals surface area contributed by atoms with Crippen molar-refractivity contribution in [3.05, 3.63) is 29.8 Å². The number of halogens is 1. The van der Waals surface area contributed by atoms with E-state index in [1.165, 1.54) is 7.11 Å². The first-order valence-electron chi connectivity index (χ1n) is 5.39. The zero-order valence-corrected chi connectivity index (χ0v) is 10.2. The highest BCUT2D eigenvalue weighted by atomic mass is 35.5. The van der Waals surface area contributed by atoms with Crippen molar-refractivity contribution in [2.75, 3.05) is 20.2 Å². The fraction of sp³-hybridized carbons (Fsp3) is 0.417. The zero-order chi connectivity index (χ0) is 12.4. The molecule has 0 aromatic heterocycles. The Morgan fingerprint density at radius 1 is 1.53 bits per heavy atom. The Hall–Kier alpha value is -1.26. The first-order valence-corrected chi connectivity index (χ1v) is 5.73. The fourth-order valence-corrected chi connectivity index (χ4v) is 2.54. The van der Waals surface area contributed by atoms with Gasteiger partial charge in [-0.25, -0.2) is 4.42 Å². The molecular weight excluding hydrogens is 242 g/mol. The Kier molecular flexibility index (Phi) is 3.54. The van der Waals surface area contributed by atoms with Gasteiger partial charge < -0.3 is 9.84 Å². The molecule has 0 amide bonds. The maximum absolute atomic E-state index is 11.7. The van der Waals surface area contributed by atoms with E-state index in [1.54, 1.807) is 22.6 Å². The third-order valence-corrected chi connectivity index (χ3v) is 3.35. The number of ether oxygens (including phenoxy) is 1. The summed E-state index contributed by atoms with van der Waals surface area (Å²) >= 11 is 5.96. The molecule has 1 unspecified atom stereocenters. The highest BCUT2D eigenvalue weighted by molar-refractivity contribution is 6.13. The molecule has 1 aliphatic heterocycles. The van der Waals surface area contributed by atoms with Gasteiger partial charge in [0, 0.05) is 19.0 Å². The number of carbonyl (C=O) groups excluding carboxylic acids is 1. The largest absolute Gasteiger partial charge is 0.508 e. The molecule has 0 bridgehead atoms. The zero-order valence-electron chi connectivity index (χ0n) is 9.47. The normalized spacial score (nSPS) is 24.8. The van der Waals surface area contributed by atoms with Gasteiger partial charge in [-0.1, -0.05) is 12.1 Å². The minimum atomic E-state index is -0.278. The first kappa shape index (κ1) is 12.2. The number of methoxy groups -OCH3 is 1. The molecule has 0 radical (unpaired) electrons. The minimum absolute atomic E-state index is 0.0351. The monoisotopic (exact) mass is 255 g/mol. The summed E-state index contributed by atoms with van der Waals surface area (Å²) in [6.07, 6.45) is 0. The Morgan fingerprint density at radius 2 is 2.29 bits per heavy atom. The van der Waals surface area contributed by atoms with Gasteiger partial charge in [0.05, 0.1) is 13.0 Å². The van der Waals surface area contributed by atoms with Gasteiger partial charge in [-0.3, -0.25) is 4.79 Å². The lowest BCUT2D eigenvalue weighted by molar-refractivity contribution is -0.145. The summed E-state index contributed by atoms with van der Waals surface area (Å²) in [6, 6.07) is 6.91. The van der Waals surface area contributed by atoms with Crippen LogP contribution >= 0.6 is 11.8 Å². The Balaban J connectivity index is 2.26. The van der Waals surface area contributed by atoms with Gasteiger partial charge in [-0.05, 0) is 29.5 Å². The van der Waals surface area contributed by atoms with Gasteiger partial charge in [0.15, 0.2) is 0 Å². The van der Waals surface area contributed by atoms with Crippen LogP contribution in [0.2, 0.25) is 0 Å². The van der Waals surface area contributed by atoms with Gasteiger partial charge in [-0.2, -0.15) is 0 Å². The van der Waals surface area contributed by atoms with Crippen molar-refractivity contribution in [2.24, 2.45) is 5.92 Å². The number of hydrogen-bond donors (Lipinski definition) is 1. The molecule has 1 N–H and O–H groups in total. The molecule has 2 rings (SSSR count). The molecule has 4 nitrogen and oxygen atoms in total. The molecule has 0 saturated carbocycles. The summed E-state index contributed by atoms with van der Waals surface area (Å²) in [4.78, 5) is 11.7. The number of phenols is 1. The van der Waals surface area contributed by atoms with Crippen molar-refractivity contribution in [1.29, 1.82) is 0 Å². The SMILES string of the molecule is COC(=O)C1CN(Cl)C[C@H]1c1cccc(O)c1. The number of rotatable bonds is 2. The third-order valence-electron chi connectivity index (χ3n) is 3.08. The van der Waals surface area contributed by atoms with Crippen LogP contribution in [0.3, 0.4) is 0 Å². The van der Waals surface area contributed by atoms with Crippen LogP contribution in [0.4, 0.5) is 0 Å². The minimum Gasteiger partial charge on any atom is -0.508 e. The van der Waals surface area contributed by atoms with Crippen LogP contribution < -0.4 is 0 Å². The molecule has 2 atom stereocenters. The van der Waals surface area contributed by atoms with Crippen molar-refractivity contribution in [3.63, 3.8) is 0 Å². The molecule has 1 aromatic carbocycles. The van der Waals surface area contributed by atoms with Crippen molar-refractivity contribution < 1.29 is 14.6 Å². The summed E-state index contributed by atoms with van der Waals surface area (Å²) in [5.74, 6) is -0.382. The van der Waals surface area contributed by atoms with E-state index in [2.05, 4.69) is 0 Å². The van der Waals surface area contributed by atoms with Gasteiger partial charge >= 0.3 is 5.97 Å². The first-order chi connectivity index (χ1) is 8.11. The summed E-state index contributed by atoms with van der Waals surface area (Å²) in [6.45, 7) is 1.04. The predicted octanol–water partition coefficient (Wildman–Crippen LogP) is 1.73. The molecule has 1 heterocycles. The lowest BCUT2D eigenvalue weighted by Gasteiger charge is -2.16. The second-order valence-corrected chi connectivity index (χ2v) is 4.64. The van der Waals surface area contributed by atoms with Crippen LogP contribution in [0, 0.1) is 5.92 Å². The molecule has 17 heavy (non-hydrogen) atoms. The number of hydrogen-bond acceptors (Lipinski definition) is 4. The fourth-order valence-electron chi connectivity index (χ4n) is 2.24. The van der Waals surface area contributed by atoms with Crippen molar-refractivity contribution in [1.82, 2.24) is 4.42 Å². The van der Waals surface area contributed by atoms with E-state index in [1.807, 2.05) is 6.07 Å². The molecule has 0 spiro atoms. The molecular formula is C12H14ClNO3. The second kappa shape index (κ2) is 4.94. The quantitative estimate of drug-likeness (QED) is 0.646. The highest BCUT2D eigenvalue weighted by Crippen LogP contribution is 2.35. The van der Waals surface area contributed by atoms with Crippen LogP contribution in [0.1, 0.15) is 11.5 Å². The van der Waals surface area contributed by atoms with E-state index in [0.717, 1.165) is 5.56 Å². The number of benzene rings is 1. The van der Waals surface area contributed by atoms with E-state index in [9.17, 15) is 9.90 Å². The number of carbonyl (C=O) groups is 1. The number of aromatic hydroxyl groups is 1. The standard InChI is InChI=1S/C12H14ClNO3/c1-17-12(16)11-7-14(13)6-10(11)8-3-2-4-9(15)5-8/h2-5,10-11,15H,6-7H2,1H3/t10-,11?/m0/s1. The summed E-state index contributed by atoms with van der Waals surface area (Å²) in [5.41, 5.74) is 0.906. The molecule has 0 aliphatic carbocycles. The molecule has 1 aliphatic rings. The van der Waals surface area contributed by atoms with Crippen molar-refractivity contribution >= 4 is 17.7 Å². The van der Waals surface area contributed by atoms with Gasteiger partial charge in [0.2, 0.25) is 0 Å². The van der Waals surface area contributed by atoms with Crippen LogP contribution in [0.25, 0.3) is 0 Å². The van der Waals surface area contributed by atoms with Crippen LogP contribution in [-0.4, -0.2) is 35.7 Å². The predicted molar refractivity (Wildman–Crippen MR) is 63.8 cm³/mol. The number of phenolic OH excluding ortho intramolecular Hbond substituents is 1. The maximum Gasteiger partial charge on any atom is 0.310 e.